The van der Waals surface area contributed by atoms with Crippen LogP contribution in [0.4, 0.5) is 13.2 Å². The quantitative estimate of drug-likeness (QED) is 0.500. The number of piperidine rings is 1. The Hall–Kier alpha value is -2.47. The van der Waals surface area contributed by atoms with Crippen LogP contribution in [-0.4, -0.2) is 62.3 Å². The third-order valence-electron chi connectivity index (χ3n) is 4.42. The number of nitrogens with zero attached hydrogens (tertiary/aromatic N) is 1. The van der Waals surface area contributed by atoms with E-state index in [4.69, 9.17) is 4.74 Å². The summed E-state index contributed by atoms with van der Waals surface area (Å²) in [5.74, 6) is -2.39. The van der Waals surface area contributed by atoms with Gasteiger partial charge in [0.15, 0.2) is 12.4 Å². The molecular formula is C18H21F3N2O6S. The number of carbonyl (C=O) groups excluding carboxylic acids is 3. The number of amides is 1. The van der Waals surface area contributed by atoms with Crippen molar-refractivity contribution >= 4 is 27.7 Å². The number of ether oxygens (including phenoxy) is 1. The zero-order valence-electron chi connectivity index (χ0n) is 16.1. The van der Waals surface area contributed by atoms with Crippen LogP contribution in [-0.2, 0) is 24.3 Å². The van der Waals surface area contributed by atoms with Crippen molar-refractivity contribution in [2.45, 2.75) is 43.3 Å². The van der Waals surface area contributed by atoms with Crippen LogP contribution >= 0.6 is 0 Å². The summed E-state index contributed by atoms with van der Waals surface area (Å²) < 4.78 is 67.9. The van der Waals surface area contributed by atoms with E-state index in [1.165, 1.54) is 31.2 Å². The van der Waals surface area contributed by atoms with Gasteiger partial charge in [-0.15, -0.1) is 0 Å². The summed E-state index contributed by atoms with van der Waals surface area (Å²) in [5, 5.41) is 1.56. The fraction of sp³-hybridized carbons (Fsp3) is 0.500. The van der Waals surface area contributed by atoms with Gasteiger partial charge in [-0.25, -0.2) is 8.42 Å². The molecular weight excluding hydrogens is 429 g/mol. The van der Waals surface area contributed by atoms with Gasteiger partial charge in [0.2, 0.25) is 10.0 Å². The SMILES string of the molecule is CC(=O)c1ccc(S(=O)(=O)N2CCCCC2C(=O)OCC(=O)NCC(F)(F)F)cc1. The summed E-state index contributed by atoms with van der Waals surface area (Å²) in [6, 6.07) is 4.03. The van der Waals surface area contributed by atoms with E-state index in [1.54, 1.807) is 5.32 Å². The molecule has 1 amide bonds. The summed E-state index contributed by atoms with van der Waals surface area (Å²) in [6.45, 7) is -1.14. The number of benzene rings is 1. The summed E-state index contributed by atoms with van der Waals surface area (Å²) >= 11 is 0. The molecule has 1 atom stereocenters. The van der Waals surface area contributed by atoms with Gasteiger partial charge in [-0.2, -0.15) is 17.5 Å². The first kappa shape index (κ1) is 23.8. The molecule has 1 aromatic rings. The van der Waals surface area contributed by atoms with Gasteiger partial charge in [0.1, 0.15) is 12.6 Å². The summed E-state index contributed by atoms with van der Waals surface area (Å²) in [5.41, 5.74) is 0.327. The number of nitrogens with one attached hydrogen (secondary N) is 1. The van der Waals surface area contributed by atoms with E-state index >= 15 is 0 Å². The molecule has 0 saturated carbocycles. The number of hydrogen-bond acceptors (Lipinski definition) is 6. The van der Waals surface area contributed by atoms with E-state index in [9.17, 15) is 36.0 Å². The molecule has 1 N–H and O–H groups in total. The average molecular weight is 450 g/mol. The molecule has 1 fully saturated rings. The molecule has 1 unspecified atom stereocenters. The molecule has 1 aliphatic heterocycles. The molecule has 166 valence electrons. The minimum absolute atomic E-state index is 0.0385. The van der Waals surface area contributed by atoms with E-state index in [1.807, 2.05) is 0 Å². The largest absolute Gasteiger partial charge is 0.454 e. The number of alkyl halides is 3. The van der Waals surface area contributed by atoms with Gasteiger partial charge in [0, 0.05) is 12.1 Å². The smallest absolute Gasteiger partial charge is 0.405 e. The van der Waals surface area contributed by atoms with Gasteiger partial charge < -0.3 is 10.1 Å². The van der Waals surface area contributed by atoms with E-state index in [0.29, 0.717) is 18.4 Å². The highest BCUT2D eigenvalue weighted by Crippen LogP contribution is 2.26. The fourth-order valence-corrected chi connectivity index (χ4v) is 4.55. The number of hydrogen-bond donors (Lipinski definition) is 1. The molecule has 12 heteroatoms. The maximum atomic E-state index is 13.0. The van der Waals surface area contributed by atoms with Gasteiger partial charge >= 0.3 is 12.1 Å². The molecule has 1 saturated heterocycles. The molecule has 0 spiro atoms. The van der Waals surface area contributed by atoms with Crippen LogP contribution in [0.15, 0.2) is 29.2 Å². The van der Waals surface area contributed by atoms with Crippen molar-refractivity contribution in [3.63, 3.8) is 0 Å². The molecule has 0 aromatic heterocycles. The normalized spacial score (nSPS) is 17.9. The van der Waals surface area contributed by atoms with Gasteiger partial charge in [-0.1, -0.05) is 12.1 Å². The molecule has 0 radical (unpaired) electrons. The minimum atomic E-state index is -4.61. The molecule has 1 heterocycles. The fourth-order valence-electron chi connectivity index (χ4n) is 2.91. The Bertz CT molecular complexity index is 899. The van der Waals surface area contributed by atoms with Crippen LogP contribution in [0.5, 0.6) is 0 Å². The molecule has 30 heavy (non-hydrogen) atoms. The zero-order valence-corrected chi connectivity index (χ0v) is 16.9. The van der Waals surface area contributed by atoms with Crippen LogP contribution in [0.25, 0.3) is 0 Å². The van der Waals surface area contributed by atoms with E-state index < -0.39 is 47.3 Å². The summed E-state index contributed by atoms with van der Waals surface area (Å²) in [6.07, 6.45) is -3.42. The first-order valence-electron chi connectivity index (χ1n) is 9.05. The first-order valence-corrected chi connectivity index (χ1v) is 10.5. The standard InChI is InChI=1S/C18H21F3N2O6S/c1-12(24)13-5-7-14(8-6-13)30(27,28)23-9-3-2-4-15(23)17(26)29-10-16(25)22-11-18(19,20)21/h5-8,15H,2-4,9-11H2,1H3,(H,22,25). The Kier molecular flexibility index (Phi) is 7.59. The number of carbonyl (C=O) groups is 3. The average Bonchev–Trinajstić information content (AvgIpc) is 2.70. The van der Waals surface area contributed by atoms with Crippen LogP contribution in [0.1, 0.15) is 36.5 Å². The molecule has 0 aliphatic carbocycles. The number of sulfonamides is 1. The van der Waals surface area contributed by atoms with Crippen molar-refractivity contribution in [3.05, 3.63) is 29.8 Å². The van der Waals surface area contributed by atoms with Crippen LogP contribution in [0, 0.1) is 0 Å². The van der Waals surface area contributed by atoms with Gasteiger partial charge in [0.05, 0.1) is 4.90 Å². The number of rotatable bonds is 7. The zero-order chi connectivity index (χ0) is 22.5. The van der Waals surface area contributed by atoms with Gasteiger partial charge in [0.25, 0.3) is 5.91 Å². The lowest BCUT2D eigenvalue weighted by atomic mass is 10.1. The third-order valence-corrected chi connectivity index (χ3v) is 6.35. The second kappa shape index (κ2) is 9.56. The maximum absolute atomic E-state index is 13.0. The Morgan fingerprint density at radius 2 is 1.80 bits per heavy atom. The predicted octanol–water partition coefficient (Wildman–Crippen LogP) is 1.65. The predicted molar refractivity (Wildman–Crippen MR) is 98.0 cm³/mol. The molecule has 2 rings (SSSR count). The van der Waals surface area contributed by atoms with Crippen molar-refractivity contribution in [2.24, 2.45) is 0 Å². The van der Waals surface area contributed by atoms with Crippen molar-refractivity contribution < 1.29 is 40.7 Å². The second-order valence-corrected chi connectivity index (χ2v) is 8.60. The number of ketones is 1. The molecule has 0 bridgehead atoms. The van der Waals surface area contributed by atoms with Gasteiger partial charge in [-0.3, -0.25) is 14.4 Å². The number of halogens is 3. The lowest BCUT2D eigenvalue weighted by Gasteiger charge is -2.33. The van der Waals surface area contributed by atoms with Crippen LogP contribution in [0.3, 0.4) is 0 Å². The Morgan fingerprint density at radius 3 is 2.37 bits per heavy atom. The Balaban J connectivity index is 2.08. The highest BCUT2D eigenvalue weighted by Gasteiger charge is 2.39. The lowest BCUT2D eigenvalue weighted by molar-refractivity contribution is -0.155. The van der Waals surface area contributed by atoms with Gasteiger partial charge in [-0.05, 0) is 38.3 Å². The Labute approximate surface area is 171 Å². The summed E-state index contributed by atoms with van der Waals surface area (Å²) in [7, 11) is -4.09. The first-order chi connectivity index (χ1) is 13.9. The van der Waals surface area contributed by atoms with Crippen molar-refractivity contribution in [1.29, 1.82) is 0 Å². The highest BCUT2D eigenvalue weighted by atomic mass is 32.2. The monoisotopic (exact) mass is 450 g/mol. The maximum Gasteiger partial charge on any atom is 0.405 e. The topological polar surface area (TPSA) is 110 Å². The van der Waals surface area contributed by atoms with Crippen molar-refractivity contribution in [1.82, 2.24) is 9.62 Å². The number of esters is 1. The molecule has 1 aliphatic rings. The van der Waals surface area contributed by atoms with Crippen molar-refractivity contribution in [3.8, 4) is 0 Å². The minimum Gasteiger partial charge on any atom is -0.454 e. The van der Waals surface area contributed by atoms with E-state index in [2.05, 4.69) is 0 Å². The van der Waals surface area contributed by atoms with E-state index in [0.717, 1.165) is 4.31 Å². The van der Waals surface area contributed by atoms with Crippen LogP contribution in [0.2, 0.25) is 0 Å². The number of Topliss-reactive ketones (excluding diaryl/α,β-unsaturated/α-hetero) is 1. The summed E-state index contributed by atoms with van der Waals surface area (Å²) in [4.78, 5) is 35.0. The van der Waals surface area contributed by atoms with Crippen molar-refractivity contribution in [2.75, 3.05) is 19.7 Å². The second-order valence-electron chi connectivity index (χ2n) is 6.71. The Morgan fingerprint density at radius 1 is 1.17 bits per heavy atom. The molecule has 8 nitrogen and oxygen atoms in total. The third kappa shape index (κ3) is 6.26. The molecule has 1 aromatic carbocycles. The highest BCUT2D eigenvalue weighted by molar-refractivity contribution is 7.89. The van der Waals surface area contributed by atoms with E-state index in [-0.39, 0.29) is 23.6 Å². The lowest BCUT2D eigenvalue weighted by Crippen LogP contribution is -2.49. The van der Waals surface area contributed by atoms with Crippen LogP contribution < -0.4 is 5.32 Å².